The molecule has 0 unspecified atom stereocenters. The summed E-state index contributed by atoms with van der Waals surface area (Å²) in [5.41, 5.74) is 1.08. The standard InChI is InChI=1S/C13H15ClN2OS/c1-9(2)16-8-10-11(14)4-3-5-12(10)18-13-15-6-7-17-13/h3-7,9,16H,8H2,1-2H3. The molecule has 0 amide bonds. The number of nitrogens with zero attached hydrogens (tertiary/aromatic N) is 1. The van der Waals surface area contributed by atoms with Crippen LogP contribution in [0.15, 0.2) is 45.2 Å². The maximum Gasteiger partial charge on any atom is 0.260 e. The summed E-state index contributed by atoms with van der Waals surface area (Å²) in [5, 5.41) is 4.77. The van der Waals surface area contributed by atoms with Crippen molar-refractivity contribution in [1.82, 2.24) is 10.3 Å². The summed E-state index contributed by atoms with van der Waals surface area (Å²) < 4.78 is 5.25. The second-order valence-electron chi connectivity index (χ2n) is 4.15. The lowest BCUT2D eigenvalue weighted by Crippen LogP contribution is -2.22. The second-order valence-corrected chi connectivity index (χ2v) is 5.55. The minimum absolute atomic E-state index is 0.417. The summed E-state index contributed by atoms with van der Waals surface area (Å²) >= 11 is 7.73. The number of rotatable bonds is 5. The van der Waals surface area contributed by atoms with E-state index in [1.54, 1.807) is 12.5 Å². The molecule has 1 aromatic carbocycles. The normalized spacial score (nSPS) is 11.1. The molecule has 0 fully saturated rings. The van der Waals surface area contributed by atoms with Crippen LogP contribution < -0.4 is 5.32 Å². The molecule has 96 valence electrons. The van der Waals surface area contributed by atoms with Gasteiger partial charge in [-0.25, -0.2) is 4.98 Å². The molecule has 0 atom stereocenters. The van der Waals surface area contributed by atoms with Crippen molar-refractivity contribution in [2.45, 2.75) is 36.6 Å². The Morgan fingerprint density at radius 1 is 1.44 bits per heavy atom. The molecule has 1 heterocycles. The molecule has 2 aromatic rings. The smallest absolute Gasteiger partial charge is 0.260 e. The van der Waals surface area contributed by atoms with Gasteiger partial charge in [0.25, 0.3) is 5.22 Å². The first-order valence-corrected chi connectivity index (χ1v) is 6.94. The van der Waals surface area contributed by atoms with Crippen molar-refractivity contribution >= 4 is 23.4 Å². The summed E-state index contributed by atoms with van der Waals surface area (Å²) in [7, 11) is 0. The molecule has 0 aliphatic heterocycles. The molecular weight excluding hydrogens is 268 g/mol. The first-order chi connectivity index (χ1) is 8.66. The molecule has 0 bridgehead atoms. The zero-order chi connectivity index (χ0) is 13.0. The van der Waals surface area contributed by atoms with Gasteiger partial charge in [-0.1, -0.05) is 31.5 Å². The summed E-state index contributed by atoms with van der Waals surface area (Å²) in [6, 6.07) is 6.28. The van der Waals surface area contributed by atoms with Gasteiger partial charge in [0.2, 0.25) is 0 Å². The van der Waals surface area contributed by atoms with Gasteiger partial charge < -0.3 is 9.73 Å². The molecule has 2 rings (SSSR count). The zero-order valence-electron chi connectivity index (χ0n) is 10.3. The van der Waals surface area contributed by atoms with Crippen molar-refractivity contribution in [2.75, 3.05) is 0 Å². The molecule has 0 radical (unpaired) electrons. The molecule has 0 aliphatic rings. The van der Waals surface area contributed by atoms with Gasteiger partial charge in [-0.2, -0.15) is 0 Å². The number of halogens is 1. The Labute approximate surface area is 116 Å². The Morgan fingerprint density at radius 3 is 2.94 bits per heavy atom. The highest BCUT2D eigenvalue weighted by molar-refractivity contribution is 7.99. The summed E-state index contributed by atoms with van der Waals surface area (Å²) in [6.07, 6.45) is 3.21. The maximum atomic E-state index is 6.25. The highest BCUT2D eigenvalue weighted by atomic mass is 35.5. The van der Waals surface area contributed by atoms with Crippen molar-refractivity contribution in [3.8, 4) is 0 Å². The average Bonchev–Trinajstić information content (AvgIpc) is 2.81. The van der Waals surface area contributed by atoms with E-state index in [0.717, 1.165) is 22.0 Å². The van der Waals surface area contributed by atoms with E-state index >= 15 is 0 Å². The minimum Gasteiger partial charge on any atom is -0.440 e. The van der Waals surface area contributed by atoms with Crippen LogP contribution in [0, 0.1) is 0 Å². The Morgan fingerprint density at radius 2 is 2.28 bits per heavy atom. The molecule has 0 aliphatic carbocycles. The van der Waals surface area contributed by atoms with Crippen molar-refractivity contribution in [3.05, 3.63) is 41.2 Å². The highest BCUT2D eigenvalue weighted by Gasteiger charge is 2.10. The number of hydrogen-bond donors (Lipinski definition) is 1. The lowest BCUT2D eigenvalue weighted by Gasteiger charge is -2.12. The Bertz CT molecular complexity index is 500. The van der Waals surface area contributed by atoms with Crippen LogP contribution in [0.25, 0.3) is 0 Å². The number of aromatic nitrogens is 1. The van der Waals surface area contributed by atoms with Gasteiger partial charge in [0.05, 0.1) is 6.20 Å². The molecule has 18 heavy (non-hydrogen) atoms. The Kier molecular flexibility index (Phi) is 4.69. The monoisotopic (exact) mass is 282 g/mol. The van der Waals surface area contributed by atoms with Crippen molar-refractivity contribution < 1.29 is 4.42 Å². The van der Waals surface area contributed by atoms with Crippen LogP contribution in [0.2, 0.25) is 5.02 Å². The first-order valence-electron chi connectivity index (χ1n) is 5.75. The van der Waals surface area contributed by atoms with Crippen LogP contribution in [-0.2, 0) is 6.54 Å². The maximum absolute atomic E-state index is 6.25. The number of oxazole rings is 1. The number of benzene rings is 1. The van der Waals surface area contributed by atoms with Gasteiger partial charge in [0.1, 0.15) is 6.26 Å². The van der Waals surface area contributed by atoms with E-state index in [1.165, 1.54) is 11.8 Å². The SMILES string of the molecule is CC(C)NCc1c(Cl)cccc1Sc1ncco1. The second kappa shape index (κ2) is 6.27. The zero-order valence-corrected chi connectivity index (χ0v) is 11.9. The van der Waals surface area contributed by atoms with Crippen molar-refractivity contribution in [3.63, 3.8) is 0 Å². The summed E-state index contributed by atoms with van der Waals surface area (Å²) in [4.78, 5) is 5.18. The third-order valence-corrected chi connectivity index (χ3v) is 3.70. The van der Waals surface area contributed by atoms with Gasteiger partial charge in [0, 0.05) is 22.5 Å². The van der Waals surface area contributed by atoms with Gasteiger partial charge in [-0.15, -0.1) is 0 Å². The van der Waals surface area contributed by atoms with Crippen LogP contribution in [0.4, 0.5) is 0 Å². The minimum atomic E-state index is 0.417. The van der Waals surface area contributed by atoms with Crippen LogP contribution >= 0.6 is 23.4 Å². The van der Waals surface area contributed by atoms with E-state index in [0.29, 0.717) is 11.3 Å². The van der Waals surface area contributed by atoms with Crippen LogP contribution in [0.3, 0.4) is 0 Å². The van der Waals surface area contributed by atoms with Crippen molar-refractivity contribution in [1.29, 1.82) is 0 Å². The molecule has 5 heteroatoms. The highest BCUT2D eigenvalue weighted by Crippen LogP contribution is 2.32. The third kappa shape index (κ3) is 3.51. The largest absolute Gasteiger partial charge is 0.440 e. The first kappa shape index (κ1) is 13.5. The summed E-state index contributed by atoms with van der Waals surface area (Å²) in [6.45, 7) is 4.95. The average molecular weight is 283 g/mol. The van der Waals surface area contributed by atoms with Gasteiger partial charge >= 0.3 is 0 Å². The predicted octanol–water partition coefficient (Wildman–Crippen LogP) is 3.98. The van der Waals surface area contributed by atoms with Gasteiger partial charge in [-0.05, 0) is 29.5 Å². The fourth-order valence-electron chi connectivity index (χ4n) is 1.47. The van der Waals surface area contributed by atoms with E-state index in [4.69, 9.17) is 16.0 Å². The Balaban J connectivity index is 2.20. The number of hydrogen-bond acceptors (Lipinski definition) is 4. The molecular formula is C13H15ClN2OS. The van der Waals surface area contributed by atoms with E-state index in [9.17, 15) is 0 Å². The van der Waals surface area contributed by atoms with E-state index in [1.807, 2.05) is 18.2 Å². The molecule has 0 saturated carbocycles. The molecule has 0 saturated heterocycles. The topological polar surface area (TPSA) is 38.1 Å². The molecule has 1 aromatic heterocycles. The van der Waals surface area contributed by atoms with E-state index < -0.39 is 0 Å². The number of nitrogens with one attached hydrogen (secondary N) is 1. The van der Waals surface area contributed by atoms with E-state index in [2.05, 4.69) is 24.1 Å². The fourth-order valence-corrected chi connectivity index (χ4v) is 2.62. The van der Waals surface area contributed by atoms with Gasteiger partial charge in [-0.3, -0.25) is 0 Å². The molecule has 3 nitrogen and oxygen atoms in total. The van der Waals surface area contributed by atoms with Crippen molar-refractivity contribution in [2.24, 2.45) is 0 Å². The van der Waals surface area contributed by atoms with Crippen LogP contribution in [0.5, 0.6) is 0 Å². The Hall–Kier alpha value is -0.970. The van der Waals surface area contributed by atoms with E-state index in [-0.39, 0.29) is 0 Å². The lowest BCUT2D eigenvalue weighted by atomic mass is 10.2. The lowest BCUT2D eigenvalue weighted by molar-refractivity contribution is 0.454. The fraction of sp³-hybridized carbons (Fsp3) is 0.308. The van der Waals surface area contributed by atoms with Crippen LogP contribution in [0.1, 0.15) is 19.4 Å². The predicted molar refractivity (Wildman–Crippen MR) is 74.1 cm³/mol. The van der Waals surface area contributed by atoms with Gasteiger partial charge in [0.15, 0.2) is 0 Å². The molecule has 1 N–H and O–H groups in total. The summed E-state index contributed by atoms with van der Waals surface area (Å²) in [5.74, 6) is 0. The van der Waals surface area contributed by atoms with Crippen LogP contribution in [-0.4, -0.2) is 11.0 Å². The third-order valence-electron chi connectivity index (χ3n) is 2.37. The quantitative estimate of drug-likeness (QED) is 0.900. The molecule has 0 spiro atoms.